The van der Waals surface area contributed by atoms with Crippen molar-refractivity contribution < 1.29 is 4.79 Å². The molecule has 0 saturated carbocycles. The van der Waals surface area contributed by atoms with Crippen molar-refractivity contribution >= 4 is 58.2 Å². The highest BCUT2D eigenvalue weighted by atomic mass is 35.6. The molecule has 2 rings (SSSR count). The van der Waals surface area contributed by atoms with Crippen LogP contribution in [0, 0.1) is 6.92 Å². The number of carbonyl (C=O) groups excluding carboxylic acids is 1. The summed E-state index contributed by atoms with van der Waals surface area (Å²) < 4.78 is -1.98. The molecule has 2 nitrogen and oxygen atoms in total. The summed E-state index contributed by atoms with van der Waals surface area (Å²) in [4.78, 5) is 13.7. The Morgan fingerprint density at radius 1 is 1.05 bits per heavy atom. The predicted octanol–water partition coefficient (Wildman–Crippen LogP) is 5.45. The van der Waals surface area contributed by atoms with Crippen LogP contribution in [0.4, 0.5) is 5.69 Å². The lowest BCUT2D eigenvalue weighted by atomic mass is 10.2. The Balaban J connectivity index is 2.21. The van der Waals surface area contributed by atoms with Crippen LogP contribution in [0.25, 0.3) is 0 Å². The number of alkyl halides is 3. The van der Waals surface area contributed by atoms with Crippen LogP contribution >= 0.6 is 46.6 Å². The average molecular weight is 361 g/mol. The van der Waals surface area contributed by atoms with Gasteiger partial charge in [0.15, 0.2) is 0 Å². The SMILES string of the molecule is Cc1ccc(Sc2ccccc2NC(=O)C(Cl)(Cl)Cl)cc1. The molecular formula is C15H12Cl3NOS. The van der Waals surface area contributed by atoms with E-state index in [1.54, 1.807) is 6.07 Å². The fourth-order valence-corrected chi connectivity index (χ4v) is 2.63. The number of hydrogen-bond donors (Lipinski definition) is 1. The van der Waals surface area contributed by atoms with Gasteiger partial charge >= 0.3 is 0 Å². The van der Waals surface area contributed by atoms with E-state index in [0.717, 1.165) is 9.79 Å². The molecule has 0 unspecified atom stereocenters. The van der Waals surface area contributed by atoms with E-state index in [2.05, 4.69) is 5.32 Å². The summed E-state index contributed by atoms with van der Waals surface area (Å²) in [5, 5.41) is 2.63. The zero-order chi connectivity index (χ0) is 15.5. The minimum Gasteiger partial charge on any atom is -0.321 e. The van der Waals surface area contributed by atoms with Gasteiger partial charge in [0.1, 0.15) is 0 Å². The number of benzene rings is 2. The Labute approximate surface area is 142 Å². The highest BCUT2D eigenvalue weighted by Gasteiger charge is 2.31. The molecule has 0 heterocycles. The van der Waals surface area contributed by atoms with Crippen LogP contribution < -0.4 is 5.32 Å². The van der Waals surface area contributed by atoms with Crippen molar-refractivity contribution in [2.24, 2.45) is 0 Å². The Bertz CT molecular complexity index is 638. The maximum Gasteiger partial charge on any atom is 0.276 e. The fourth-order valence-electron chi connectivity index (χ4n) is 1.59. The lowest BCUT2D eigenvalue weighted by molar-refractivity contribution is -0.115. The Morgan fingerprint density at radius 3 is 2.29 bits per heavy atom. The second kappa shape index (κ2) is 6.93. The largest absolute Gasteiger partial charge is 0.321 e. The van der Waals surface area contributed by atoms with Crippen molar-refractivity contribution in [3.05, 3.63) is 54.1 Å². The molecule has 6 heteroatoms. The molecule has 0 aliphatic rings. The van der Waals surface area contributed by atoms with Crippen molar-refractivity contribution in [3.8, 4) is 0 Å². The molecule has 1 N–H and O–H groups in total. The number of para-hydroxylation sites is 1. The maximum atomic E-state index is 11.8. The number of hydrogen-bond acceptors (Lipinski definition) is 2. The van der Waals surface area contributed by atoms with E-state index >= 15 is 0 Å². The van der Waals surface area contributed by atoms with E-state index in [-0.39, 0.29) is 0 Å². The van der Waals surface area contributed by atoms with Crippen LogP contribution in [0.2, 0.25) is 0 Å². The van der Waals surface area contributed by atoms with Gasteiger partial charge in [0.25, 0.3) is 9.70 Å². The van der Waals surface area contributed by atoms with Gasteiger partial charge in [-0.3, -0.25) is 4.79 Å². The first-order valence-electron chi connectivity index (χ1n) is 6.08. The van der Waals surface area contributed by atoms with Gasteiger partial charge in [-0.15, -0.1) is 0 Å². The first-order chi connectivity index (χ1) is 9.86. The Morgan fingerprint density at radius 2 is 1.67 bits per heavy atom. The maximum absolute atomic E-state index is 11.8. The topological polar surface area (TPSA) is 29.1 Å². The lowest BCUT2D eigenvalue weighted by Gasteiger charge is -2.14. The zero-order valence-electron chi connectivity index (χ0n) is 11.1. The number of anilines is 1. The van der Waals surface area contributed by atoms with Crippen molar-refractivity contribution in [1.82, 2.24) is 0 Å². The van der Waals surface area contributed by atoms with Gasteiger partial charge in [-0.1, -0.05) is 76.4 Å². The number of rotatable bonds is 3. The fraction of sp³-hybridized carbons (Fsp3) is 0.133. The van der Waals surface area contributed by atoms with Crippen molar-refractivity contribution in [1.29, 1.82) is 0 Å². The molecule has 0 fully saturated rings. The van der Waals surface area contributed by atoms with Gasteiger partial charge in [0.2, 0.25) is 0 Å². The summed E-state index contributed by atoms with van der Waals surface area (Å²) in [7, 11) is 0. The summed E-state index contributed by atoms with van der Waals surface area (Å²) in [6.07, 6.45) is 0. The first kappa shape index (κ1) is 16.5. The zero-order valence-corrected chi connectivity index (χ0v) is 14.2. The van der Waals surface area contributed by atoms with Crippen molar-refractivity contribution in [2.75, 3.05) is 5.32 Å². The first-order valence-corrected chi connectivity index (χ1v) is 8.03. The average Bonchev–Trinajstić information content (AvgIpc) is 2.42. The smallest absolute Gasteiger partial charge is 0.276 e. The van der Waals surface area contributed by atoms with Crippen molar-refractivity contribution in [3.63, 3.8) is 0 Å². The molecule has 0 bridgehead atoms. The van der Waals surface area contributed by atoms with Gasteiger partial charge < -0.3 is 5.32 Å². The van der Waals surface area contributed by atoms with Crippen LogP contribution in [0.3, 0.4) is 0 Å². The van der Waals surface area contributed by atoms with E-state index in [1.807, 2.05) is 49.4 Å². The predicted molar refractivity (Wildman–Crippen MR) is 90.7 cm³/mol. The van der Waals surface area contributed by atoms with Crippen LogP contribution in [0.1, 0.15) is 5.56 Å². The molecule has 0 atom stereocenters. The molecule has 0 saturated heterocycles. The third-order valence-corrected chi connectivity index (χ3v) is 4.24. The van der Waals surface area contributed by atoms with E-state index in [4.69, 9.17) is 34.8 Å². The summed E-state index contributed by atoms with van der Waals surface area (Å²) in [6.45, 7) is 2.03. The molecule has 110 valence electrons. The third kappa shape index (κ3) is 4.82. The third-order valence-electron chi connectivity index (χ3n) is 2.64. The van der Waals surface area contributed by atoms with E-state index < -0.39 is 9.70 Å². The van der Waals surface area contributed by atoms with E-state index in [9.17, 15) is 4.79 Å². The summed E-state index contributed by atoms with van der Waals surface area (Å²) in [6, 6.07) is 15.5. The van der Waals surface area contributed by atoms with E-state index in [1.165, 1.54) is 17.3 Å². The number of aryl methyl sites for hydroxylation is 1. The molecule has 0 aliphatic carbocycles. The summed E-state index contributed by atoms with van der Waals surface area (Å²) in [5.41, 5.74) is 1.80. The molecule has 2 aromatic carbocycles. The molecule has 1 amide bonds. The minimum atomic E-state index is -1.98. The highest BCUT2D eigenvalue weighted by Crippen LogP contribution is 2.35. The number of halogens is 3. The Kier molecular flexibility index (Phi) is 5.44. The van der Waals surface area contributed by atoms with Crippen LogP contribution in [-0.4, -0.2) is 9.70 Å². The molecule has 0 aromatic heterocycles. The molecule has 0 radical (unpaired) electrons. The molecule has 21 heavy (non-hydrogen) atoms. The second-order valence-corrected chi connectivity index (χ2v) is 7.76. The van der Waals surface area contributed by atoms with Gasteiger partial charge in [0, 0.05) is 9.79 Å². The van der Waals surface area contributed by atoms with Crippen LogP contribution in [0.15, 0.2) is 58.3 Å². The summed E-state index contributed by atoms with van der Waals surface area (Å²) in [5.74, 6) is -0.676. The molecular weight excluding hydrogens is 349 g/mol. The van der Waals surface area contributed by atoms with Gasteiger partial charge in [-0.2, -0.15) is 0 Å². The van der Waals surface area contributed by atoms with E-state index in [0.29, 0.717) is 5.69 Å². The number of amides is 1. The summed E-state index contributed by atoms with van der Waals surface area (Å²) >= 11 is 18.3. The quantitative estimate of drug-likeness (QED) is 0.737. The highest BCUT2D eigenvalue weighted by molar-refractivity contribution is 7.99. The standard InChI is InChI=1S/C15H12Cl3NOS/c1-10-6-8-11(9-7-10)21-13-5-3-2-4-12(13)19-14(20)15(16,17)18/h2-9H,1H3,(H,19,20). The number of nitrogens with one attached hydrogen (secondary N) is 1. The van der Waals surface area contributed by atoms with Gasteiger partial charge in [-0.25, -0.2) is 0 Å². The number of carbonyl (C=O) groups is 1. The van der Waals surface area contributed by atoms with Crippen LogP contribution in [-0.2, 0) is 4.79 Å². The monoisotopic (exact) mass is 359 g/mol. The molecule has 2 aromatic rings. The Hall–Kier alpha value is -0.870. The lowest BCUT2D eigenvalue weighted by Crippen LogP contribution is -2.27. The minimum absolute atomic E-state index is 0.611. The van der Waals surface area contributed by atoms with Crippen molar-refractivity contribution in [2.45, 2.75) is 20.5 Å². The normalized spacial score (nSPS) is 11.2. The second-order valence-electron chi connectivity index (χ2n) is 4.36. The molecule has 0 spiro atoms. The molecule has 0 aliphatic heterocycles. The van der Waals surface area contributed by atoms with Gasteiger partial charge in [-0.05, 0) is 31.2 Å². The van der Waals surface area contributed by atoms with Gasteiger partial charge in [0.05, 0.1) is 5.69 Å². The van der Waals surface area contributed by atoms with Crippen LogP contribution in [0.5, 0.6) is 0 Å².